The number of rotatable bonds is 7. The van der Waals surface area contributed by atoms with Crippen LogP contribution in [-0.4, -0.2) is 30.1 Å². The fourth-order valence-corrected chi connectivity index (χ4v) is 2.85. The Morgan fingerprint density at radius 2 is 2.05 bits per heavy atom. The average Bonchev–Trinajstić information content (AvgIpc) is 2.88. The summed E-state index contributed by atoms with van der Waals surface area (Å²) < 4.78 is 5.68. The lowest BCUT2D eigenvalue weighted by Crippen LogP contribution is -2.23. The van der Waals surface area contributed by atoms with Crippen LogP contribution in [0.3, 0.4) is 0 Å². The Bertz CT molecular complexity index is 527. The summed E-state index contributed by atoms with van der Waals surface area (Å²) in [6.45, 7) is 4.59. The van der Waals surface area contributed by atoms with Crippen LogP contribution in [0.2, 0.25) is 5.02 Å². The minimum absolute atomic E-state index is 0.664. The smallest absolute Gasteiger partial charge is 0.119 e. The molecule has 0 radical (unpaired) electrons. The average molecular weight is 311 g/mol. The molecule has 0 aliphatic carbocycles. The number of thiazole rings is 1. The molecule has 1 heterocycles. The Balaban J connectivity index is 1.72. The lowest BCUT2D eigenvalue weighted by atomic mass is 10.3. The van der Waals surface area contributed by atoms with Crippen molar-refractivity contribution in [2.75, 3.05) is 20.2 Å². The molecule has 0 atom stereocenters. The normalized spacial score (nSPS) is 11.0. The van der Waals surface area contributed by atoms with Gasteiger partial charge in [0, 0.05) is 29.2 Å². The molecule has 1 aromatic carbocycles. The number of hydrogen-bond donors (Lipinski definition) is 0. The Kier molecular flexibility index (Phi) is 5.83. The molecular formula is C15H19ClN2OS. The van der Waals surface area contributed by atoms with Crippen molar-refractivity contribution in [2.24, 2.45) is 0 Å². The first kappa shape index (κ1) is 15.3. The highest BCUT2D eigenvalue weighted by Gasteiger charge is 2.04. The highest BCUT2D eigenvalue weighted by Crippen LogP contribution is 2.16. The van der Waals surface area contributed by atoms with Crippen molar-refractivity contribution in [2.45, 2.75) is 19.9 Å². The van der Waals surface area contributed by atoms with Gasteiger partial charge in [0.15, 0.2) is 0 Å². The Hall–Kier alpha value is -1.10. The van der Waals surface area contributed by atoms with E-state index < -0.39 is 0 Å². The van der Waals surface area contributed by atoms with Crippen LogP contribution < -0.4 is 4.74 Å². The number of benzene rings is 1. The lowest BCUT2D eigenvalue weighted by Gasteiger charge is -2.15. The van der Waals surface area contributed by atoms with Crippen LogP contribution in [0.1, 0.15) is 16.8 Å². The standard InChI is InChI=1S/C15H19ClN2OS/c1-3-15-17-10-14(20-15)11-18(2)8-9-19-13-6-4-12(16)5-7-13/h4-7,10H,3,8-9,11H2,1-2H3. The number of nitrogens with zero attached hydrogens (tertiary/aromatic N) is 2. The molecule has 0 aliphatic heterocycles. The number of ether oxygens (including phenoxy) is 1. The summed E-state index contributed by atoms with van der Waals surface area (Å²) in [6.07, 6.45) is 2.98. The fraction of sp³-hybridized carbons (Fsp3) is 0.400. The van der Waals surface area contributed by atoms with Gasteiger partial charge in [-0.2, -0.15) is 0 Å². The summed E-state index contributed by atoms with van der Waals surface area (Å²) in [6, 6.07) is 7.45. The summed E-state index contributed by atoms with van der Waals surface area (Å²) in [5.74, 6) is 0.855. The highest BCUT2D eigenvalue weighted by molar-refractivity contribution is 7.11. The van der Waals surface area contributed by atoms with Gasteiger partial charge in [0.2, 0.25) is 0 Å². The maximum atomic E-state index is 5.83. The zero-order chi connectivity index (χ0) is 14.4. The second-order valence-electron chi connectivity index (χ2n) is 4.61. The monoisotopic (exact) mass is 310 g/mol. The third kappa shape index (κ3) is 4.78. The van der Waals surface area contributed by atoms with Crippen molar-refractivity contribution in [1.82, 2.24) is 9.88 Å². The zero-order valence-electron chi connectivity index (χ0n) is 11.8. The third-order valence-corrected chi connectivity index (χ3v) is 4.26. The molecule has 0 bridgehead atoms. The molecule has 0 fully saturated rings. The van der Waals surface area contributed by atoms with Gasteiger partial charge >= 0.3 is 0 Å². The van der Waals surface area contributed by atoms with Crippen molar-refractivity contribution in [1.29, 1.82) is 0 Å². The van der Waals surface area contributed by atoms with Gasteiger partial charge in [0.25, 0.3) is 0 Å². The maximum Gasteiger partial charge on any atom is 0.119 e. The molecule has 0 saturated heterocycles. The summed E-state index contributed by atoms with van der Waals surface area (Å²) in [5, 5.41) is 1.93. The van der Waals surface area contributed by atoms with Crippen molar-refractivity contribution < 1.29 is 4.74 Å². The molecule has 0 saturated carbocycles. The van der Waals surface area contributed by atoms with E-state index in [1.54, 1.807) is 11.3 Å². The molecule has 20 heavy (non-hydrogen) atoms. The van der Waals surface area contributed by atoms with E-state index in [0.29, 0.717) is 6.61 Å². The second-order valence-corrected chi connectivity index (χ2v) is 6.25. The maximum absolute atomic E-state index is 5.83. The zero-order valence-corrected chi connectivity index (χ0v) is 13.4. The van der Waals surface area contributed by atoms with E-state index >= 15 is 0 Å². The van der Waals surface area contributed by atoms with Gasteiger partial charge in [-0.25, -0.2) is 4.98 Å². The predicted octanol–water partition coefficient (Wildman–Crippen LogP) is 3.87. The molecule has 1 aromatic heterocycles. The summed E-state index contributed by atoms with van der Waals surface area (Å²) >= 11 is 7.62. The SMILES string of the molecule is CCc1ncc(CN(C)CCOc2ccc(Cl)cc2)s1. The van der Waals surface area contributed by atoms with Crippen LogP contribution in [0.4, 0.5) is 0 Å². The van der Waals surface area contributed by atoms with Crippen molar-refractivity contribution in [3.63, 3.8) is 0 Å². The van der Waals surface area contributed by atoms with Crippen LogP contribution in [0.5, 0.6) is 5.75 Å². The topological polar surface area (TPSA) is 25.4 Å². The molecule has 0 amide bonds. The first-order valence-electron chi connectivity index (χ1n) is 6.68. The van der Waals surface area contributed by atoms with Crippen LogP contribution >= 0.6 is 22.9 Å². The molecule has 0 N–H and O–H groups in total. The third-order valence-electron chi connectivity index (χ3n) is 2.89. The van der Waals surface area contributed by atoms with E-state index in [1.807, 2.05) is 30.5 Å². The van der Waals surface area contributed by atoms with Crippen LogP contribution in [0.25, 0.3) is 0 Å². The van der Waals surface area contributed by atoms with Gasteiger partial charge in [0.05, 0.1) is 5.01 Å². The van der Waals surface area contributed by atoms with E-state index in [-0.39, 0.29) is 0 Å². The molecule has 0 spiro atoms. The first-order chi connectivity index (χ1) is 9.67. The molecule has 0 aliphatic rings. The predicted molar refractivity (Wildman–Crippen MR) is 84.8 cm³/mol. The van der Waals surface area contributed by atoms with E-state index in [4.69, 9.17) is 16.3 Å². The van der Waals surface area contributed by atoms with Gasteiger partial charge in [-0.3, -0.25) is 4.90 Å². The minimum atomic E-state index is 0.664. The summed E-state index contributed by atoms with van der Waals surface area (Å²) in [7, 11) is 2.09. The van der Waals surface area contributed by atoms with Crippen LogP contribution in [-0.2, 0) is 13.0 Å². The van der Waals surface area contributed by atoms with Gasteiger partial charge in [0.1, 0.15) is 12.4 Å². The largest absolute Gasteiger partial charge is 0.492 e. The van der Waals surface area contributed by atoms with Gasteiger partial charge in [-0.1, -0.05) is 18.5 Å². The molecule has 2 aromatic rings. The minimum Gasteiger partial charge on any atom is -0.492 e. The Labute approximate surface area is 129 Å². The molecular weight excluding hydrogens is 292 g/mol. The van der Waals surface area contributed by atoms with Crippen molar-refractivity contribution in [3.05, 3.63) is 45.4 Å². The quantitative estimate of drug-likeness (QED) is 0.776. The fourth-order valence-electron chi connectivity index (χ4n) is 1.78. The molecule has 2 rings (SSSR count). The molecule has 5 heteroatoms. The first-order valence-corrected chi connectivity index (χ1v) is 7.87. The molecule has 3 nitrogen and oxygen atoms in total. The number of aryl methyl sites for hydroxylation is 1. The number of halogens is 1. The number of hydrogen-bond acceptors (Lipinski definition) is 4. The van der Waals surface area contributed by atoms with Gasteiger partial charge < -0.3 is 4.74 Å². The van der Waals surface area contributed by atoms with Crippen molar-refractivity contribution in [3.8, 4) is 5.75 Å². The molecule has 0 unspecified atom stereocenters. The van der Waals surface area contributed by atoms with E-state index in [2.05, 4.69) is 23.9 Å². The van der Waals surface area contributed by atoms with E-state index in [1.165, 1.54) is 9.88 Å². The number of likely N-dealkylation sites (N-methyl/N-ethyl adjacent to an activating group) is 1. The highest BCUT2D eigenvalue weighted by atomic mass is 35.5. The van der Waals surface area contributed by atoms with Gasteiger partial charge in [-0.05, 0) is 37.7 Å². The lowest BCUT2D eigenvalue weighted by molar-refractivity contribution is 0.234. The Morgan fingerprint density at radius 1 is 1.30 bits per heavy atom. The second kappa shape index (κ2) is 7.62. The molecule has 108 valence electrons. The van der Waals surface area contributed by atoms with E-state index in [0.717, 1.165) is 30.3 Å². The van der Waals surface area contributed by atoms with Crippen LogP contribution in [0, 0.1) is 0 Å². The van der Waals surface area contributed by atoms with Crippen molar-refractivity contribution >= 4 is 22.9 Å². The summed E-state index contributed by atoms with van der Waals surface area (Å²) in [5.41, 5.74) is 0. The van der Waals surface area contributed by atoms with Crippen LogP contribution in [0.15, 0.2) is 30.5 Å². The Morgan fingerprint density at radius 3 is 2.70 bits per heavy atom. The summed E-state index contributed by atoms with van der Waals surface area (Å²) in [4.78, 5) is 7.91. The number of aromatic nitrogens is 1. The van der Waals surface area contributed by atoms with E-state index in [9.17, 15) is 0 Å². The van der Waals surface area contributed by atoms with Gasteiger partial charge in [-0.15, -0.1) is 11.3 Å².